The fourth-order valence-electron chi connectivity index (χ4n) is 4.87. The molecule has 2 aliphatic rings. The molecule has 1 aromatic carbocycles. The first-order valence-corrected chi connectivity index (χ1v) is 11.2. The minimum atomic E-state index is -0.416. The molecule has 2 atom stereocenters. The van der Waals surface area contributed by atoms with Crippen molar-refractivity contribution in [3.05, 3.63) is 54.2 Å². The van der Waals surface area contributed by atoms with E-state index in [-0.39, 0.29) is 6.04 Å². The molecule has 1 amide bonds. The molecule has 4 heterocycles. The van der Waals surface area contributed by atoms with E-state index in [0.717, 1.165) is 29.6 Å². The van der Waals surface area contributed by atoms with E-state index in [1.165, 1.54) is 29.7 Å². The van der Waals surface area contributed by atoms with Crippen molar-refractivity contribution in [3.8, 4) is 10.8 Å². The van der Waals surface area contributed by atoms with Crippen LogP contribution in [0.25, 0.3) is 10.2 Å². The summed E-state index contributed by atoms with van der Waals surface area (Å²) >= 11 is 1.33. The molecule has 0 aliphatic carbocycles. The standard InChI is InChI=1S/C23H25N3O3S/c1-28-20-19-8-5-11-24-21(19)30-22(20)29-23(27)25-16-12-17-9-10-18(13-16)26(17)14-15-6-3-2-4-7-15/h2-8,11,16-18H,9-10,12-14H2,1H3,(H,25,27). The Balaban J connectivity index is 1.22. The zero-order valence-electron chi connectivity index (χ0n) is 16.9. The Kier molecular flexibility index (Phi) is 5.31. The van der Waals surface area contributed by atoms with E-state index in [1.807, 2.05) is 12.1 Å². The fourth-order valence-corrected chi connectivity index (χ4v) is 5.84. The highest BCUT2D eigenvalue weighted by Gasteiger charge is 2.41. The summed E-state index contributed by atoms with van der Waals surface area (Å²) in [5.41, 5.74) is 1.35. The van der Waals surface area contributed by atoms with Crippen molar-refractivity contribution in [1.29, 1.82) is 0 Å². The normalized spacial score (nSPS) is 23.4. The van der Waals surface area contributed by atoms with Gasteiger partial charge in [0.1, 0.15) is 4.83 Å². The monoisotopic (exact) mass is 423 g/mol. The number of ether oxygens (including phenoxy) is 2. The maximum absolute atomic E-state index is 12.6. The molecule has 0 saturated carbocycles. The van der Waals surface area contributed by atoms with Crippen LogP contribution in [0.15, 0.2) is 48.7 Å². The van der Waals surface area contributed by atoms with Gasteiger partial charge in [-0.1, -0.05) is 41.7 Å². The predicted molar refractivity (Wildman–Crippen MR) is 117 cm³/mol. The Morgan fingerprint density at radius 1 is 1.17 bits per heavy atom. The lowest BCUT2D eigenvalue weighted by Crippen LogP contribution is -2.50. The highest BCUT2D eigenvalue weighted by Crippen LogP contribution is 2.43. The van der Waals surface area contributed by atoms with Crippen LogP contribution in [0.5, 0.6) is 10.8 Å². The number of hydrogen-bond acceptors (Lipinski definition) is 6. The number of amides is 1. The summed E-state index contributed by atoms with van der Waals surface area (Å²) in [6, 6.07) is 15.6. The fraction of sp³-hybridized carbons (Fsp3) is 0.391. The van der Waals surface area contributed by atoms with Crippen LogP contribution >= 0.6 is 11.3 Å². The molecule has 2 aromatic heterocycles. The summed E-state index contributed by atoms with van der Waals surface area (Å²) in [7, 11) is 1.58. The number of carbonyl (C=O) groups excluding carboxylic acids is 1. The van der Waals surface area contributed by atoms with E-state index < -0.39 is 6.09 Å². The molecule has 2 aliphatic heterocycles. The largest absolute Gasteiger partial charge is 0.491 e. The van der Waals surface area contributed by atoms with Gasteiger partial charge in [0.25, 0.3) is 0 Å². The second-order valence-corrected chi connectivity index (χ2v) is 8.99. The molecule has 156 valence electrons. The van der Waals surface area contributed by atoms with Crippen molar-refractivity contribution in [2.75, 3.05) is 7.11 Å². The number of rotatable bonds is 5. The number of fused-ring (bicyclic) bond motifs is 3. The highest BCUT2D eigenvalue weighted by molar-refractivity contribution is 7.20. The number of hydrogen-bond donors (Lipinski definition) is 1. The van der Waals surface area contributed by atoms with Gasteiger partial charge in [-0.2, -0.15) is 0 Å². The summed E-state index contributed by atoms with van der Waals surface area (Å²) in [5.74, 6) is 0.566. The number of piperidine rings is 1. The summed E-state index contributed by atoms with van der Waals surface area (Å²) in [5, 5.41) is 4.40. The molecule has 5 rings (SSSR count). The number of aromatic nitrogens is 1. The average molecular weight is 424 g/mol. The van der Waals surface area contributed by atoms with Crippen molar-refractivity contribution in [3.63, 3.8) is 0 Å². The predicted octanol–water partition coefficient (Wildman–Crippen LogP) is 4.59. The molecular weight excluding hydrogens is 398 g/mol. The van der Waals surface area contributed by atoms with Crippen molar-refractivity contribution >= 4 is 27.6 Å². The number of benzene rings is 1. The van der Waals surface area contributed by atoms with Gasteiger partial charge in [-0.05, 0) is 43.4 Å². The minimum Gasteiger partial charge on any atom is -0.491 e. The van der Waals surface area contributed by atoms with E-state index in [1.54, 1.807) is 13.3 Å². The molecule has 7 heteroatoms. The van der Waals surface area contributed by atoms with Gasteiger partial charge in [0.2, 0.25) is 5.06 Å². The van der Waals surface area contributed by atoms with Gasteiger partial charge in [0, 0.05) is 30.9 Å². The molecule has 2 bridgehead atoms. The molecule has 30 heavy (non-hydrogen) atoms. The molecule has 0 radical (unpaired) electrons. The Hall–Kier alpha value is -2.64. The van der Waals surface area contributed by atoms with Gasteiger partial charge < -0.3 is 14.8 Å². The van der Waals surface area contributed by atoms with Gasteiger partial charge >= 0.3 is 6.09 Å². The first-order chi connectivity index (χ1) is 14.7. The van der Waals surface area contributed by atoms with Gasteiger partial charge in [0.15, 0.2) is 5.75 Å². The smallest absolute Gasteiger partial charge is 0.413 e. The third-order valence-corrected chi connectivity index (χ3v) is 7.17. The van der Waals surface area contributed by atoms with Gasteiger partial charge in [-0.15, -0.1) is 0 Å². The molecular formula is C23H25N3O3S. The first kappa shape index (κ1) is 19.3. The van der Waals surface area contributed by atoms with Gasteiger partial charge in [-0.25, -0.2) is 9.78 Å². The molecule has 2 saturated heterocycles. The van der Waals surface area contributed by atoms with Crippen LogP contribution in [0.2, 0.25) is 0 Å². The minimum absolute atomic E-state index is 0.139. The van der Waals surface area contributed by atoms with Crippen LogP contribution in [-0.4, -0.2) is 41.2 Å². The Bertz CT molecular complexity index is 1020. The number of methoxy groups -OCH3 is 1. The van der Waals surface area contributed by atoms with E-state index in [9.17, 15) is 4.79 Å². The number of nitrogens with one attached hydrogen (secondary N) is 1. The molecule has 2 unspecified atom stereocenters. The number of carbonyl (C=O) groups is 1. The Morgan fingerprint density at radius 3 is 2.67 bits per heavy atom. The van der Waals surface area contributed by atoms with Crippen molar-refractivity contribution < 1.29 is 14.3 Å². The average Bonchev–Trinajstić information content (AvgIpc) is 3.21. The summed E-state index contributed by atoms with van der Waals surface area (Å²) in [6.45, 7) is 0.985. The van der Waals surface area contributed by atoms with E-state index in [2.05, 4.69) is 45.5 Å². The second-order valence-electron chi connectivity index (χ2n) is 8.02. The summed E-state index contributed by atoms with van der Waals surface area (Å²) in [4.78, 5) is 20.3. The molecule has 1 N–H and O–H groups in total. The summed E-state index contributed by atoms with van der Waals surface area (Å²) < 4.78 is 11.1. The van der Waals surface area contributed by atoms with E-state index >= 15 is 0 Å². The molecule has 2 fully saturated rings. The van der Waals surface area contributed by atoms with Crippen LogP contribution in [0, 0.1) is 0 Å². The maximum atomic E-state index is 12.6. The topological polar surface area (TPSA) is 63.7 Å². The Labute approximate surface area is 179 Å². The van der Waals surface area contributed by atoms with Gasteiger partial charge in [0.05, 0.1) is 12.5 Å². The summed E-state index contributed by atoms with van der Waals surface area (Å²) in [6.07, 6.45) is 5.62. The quantitative estimate of drug-likeness (QED) is 0.650. The molecule has 0 spiro atoms. The zero-order chi connectivity index (χ0) is 20.5. The van der Waals surface area contributed by atoms with E-state index in [4.69, 9.17) is 9.47 Å². The van der Waals surface area contributed by atoms with Crippen molar-refractivity contribution in [1.82, 2.24) is 15.2 Å². The van der Waals surface area contributed by atoms with Gasteiger partial charge in [-0.3, -0.25) is 4.90 Å². The number of thiophene rings is 1. The Morgan fingerprint density at radius 2 is 1.93 bits per heavy atom. The number of nitrogens with zero attached hydrogens (tertiary/aromatic N) is 2. The lowest BCUT2D eigenvalue weighted by atomic mass is 9.96. The third-order valence-electron chi connectivity index (χ3n) is 6.19. The maximum Gasteiger partial charge on any atom is 0.413 e. The van der Waals surface area contributed by atoms with Crippen LogP contribution in [0.1, 0.15) is 31.2 Å². The van der Waals surface area contributed by atoms with Crippen LogP contribution in [-0.2, 0) is 6.54 Å². The van der Waals surface area contributed by atoms with Crippen molar-refractivity contribution in [2.24, 2.45) is 0 Å². The molecule has 6 nitrogen and oxygen atoms in total. The molecule has 3 aromatic rings. The van der Waals surface area contributed by atoms with Crippen LogP contribution in [0.3, 0.4) is 0 Å². The zero-order valence-corrected chi connectivity index (χ0v) is 17.7. The lowest BCUT2D eigenvalue weighted by Gasteiger charge is -2.39. The number of pyridine rings is 1. The van der Waals surface area contributed by atoms with E-state index in [0.29, 0.717) is 22.9 Å². The highest BCUT2D eigenvalue weighted by atomic mass is 32.1. The second kappa shape index (κ2) is 8.24. The lowest BCUT2D eigenvalue weighted by molar-refractivity contribution is 0.107. The third kappa shape index (κ3) is 3.75. The van der Waals surface area contributed by atoms with Crippen LogP contribution < -0.4 is 14.8 Å². The van der Waals surface area contributed by atoms with Crippen molar-refractivity contribution in [2.45, 2.75) is 50.4 Å². The SMILES string of the molecule is COc1c(OC(=O)NC2CC3CCC(C2)N3Cc2ccccc2)sc2ncccc12. The first-order valence-electron chi connectivity index (χ1n) is 10.4. The van der Waals surface area contributed by atoms with Crippen LogP contribution in [0.4, 0.5) is 4.79 Å².